The summed E-state index contributed by atoms with van der Waals surface area (Å²) in [6.07, 6.45) is 2.29. The van der Waals surface area contributed by atoms with Crippen molar-refractivity contribution in [1.29, 1.82) is 0 Å². The first-order chi connectivity index (χ1) is 11.9. The van der Waals surface area contributed by atoms with Gasteiger partial charge in [-0.3, -0.25) is 9.36 Å². The molecule has 3 heterocycles. The fourth-order valence-corrected chi connectivity index (χ4v) is 3.17. The smallest absolute Gasteiger partial charge is 0.261 e. The summed E-state index contributed by atoms with van der Waals surface area (Å²) in [6.45, 7) is 4.75. The predicted molar refractivity (Wildman–Crippen MR) is 93.7 cm³/mol. The van der Waals surface area contributed by atoms with Crippen LogP contribution in [0.1, 0.15) is 30.9 Å². The standard InChI is InChI=1S/C20H16FN3O/c1-20(2)11-16-23-18-15(19(25)24(16)12-20)9-7-13(17(18)21)6-8-14-5-3-4-10-22-14/h3-5,7,9-10H,11-12H2,1-2H3. The topological polar surface area (TPSA) is 47.8 Å². The third-order valence-electron chi connectivity index (χ3n) is 4.36. The number of pyridine rings is 1. The van der Waals surface area contributed by atoms with Gasteiger partial charge in [0.1, 0.15) is 17.0 Å². The summed E-state index contributed by atoms with van der Waals surface area (Å²) in [5.74, 6) is 5.71. The largest absolute Gasteiger partial charge is 0.296 e. The zero-order chi connectivity index (χ0) is 17.6. The van der Waals surface area contributed by atoms with E-state index in [2.05, 4.69) is 35.7 Å². The van der Waals surface area contributed by atoms with Gasteiger partial charge in [0, 0.05) is 19.2 Å². The zero-order valence-electron chi connectivity index (χ0n) is 14.0. The van der Waals surface area contributed by atoms with Crippen LogP contribution in [-0.4, -0.2) is 14.5 Å². The highest BCUT2D eigenvalue weighted by Crippen LogP contribution is 2.30. The molecule has 0 amide bonds. The summed E-state index contributed by atoms with van der Waals surface area (Å²) >= 11 is 0. The number of nitrogens with zero attached hydrogens (tertiary/aromatic N) is 3. The van der Waals surface area contributed by atoms with Crippen LogP contribution in [0.25, 0.3) is 10.9 Å². The fourth-order valence-electron chi connectivity index (χ4n) is 3.17. The SMILES string of the molecule is CC1(C)Cc2nc3c(F)c(C#Cc4ccccn4)ccc3c(=O)n2C1. The van der Waals surface area contributed by atoms with Crippen LogP contribution in [0.15, 0.2) is 41.3 Å². The Balaban J connectivity index is 1.86. The lowest BCUT2D eigenvalue weighted by molar-refractivity contribution is 0.357. The minimum Gasteiger partial charge on any atom is -0.296 e. The number of benzene rings is 1. The highest BCUT2D eigenvalue weighted by molar-refractivity contribution is 5.80. The highest BCUT2D eigenvalue weighted by atomic mass is 19.1. The minimum atomic E-state index is -0.550. The van der Waals surface area contributed by atoms with Crippen molar-refractivity contribution in [3.63, 3.8) is 0 Å². The van der Waals surface area contributed by atoms with Gasteiger partial charge in [-0.25, -0.2) is 14.4 Å². The summed E-state index contributed by atoms with van der Waals surface area (Å²) in [5, 5.41) is 0.294. The minimum absolute atomic E-state index is 0.0470. The third kappa shape index (κ3) is 2.70. The molecule has 0 spiro atoms. The molecular weight excluding hydrogens is 317 g/mol. The van der Waals surface area contributed by atoms with Gasteiger partial charge >= 0.3 is 0 Å². The van der Waals surface area contributed by atoms with E-state index >= 15 is 0 Å². The van der Waals surface area contributed by atoms with Crippen LogP contribution in [-0.2, 0) is 13.0 Å². The first-order valence-electron chi connectivity index (χ1n) is 8.10. The second kappa shape index (κ2) is 5.52. The van der Waals surface area contributed by atoms with Gasteiger partial charge < -0.3 is 0 Å². The molecule has 124 valence electrons. The summed E-state index contributed by atoms with van der Waals surface area (Å²) < 4.78 is 16.5. The maximum atomic E-state index is 14.9. The van der Waals surface area contributed by atoms with Gasteiger partial charge in [0.15, 0.2) is 5.82 Å². The van der Waals surface area contributed by atoms with Crippen molar-refractivity contribution in [2.45, 2.75) is 26.8 Å². The molecule has 0 atom stereocenters. The van der Waals surface area contributed by atoms with E-state index in [0.717, 1.165) is 0 Å². The first kappa shape index (κ1) is 15.5. The average Bonchev–Trinajstić information content (AvgIpc) is 2.91. The maximum Gasteiger partial charge on any atom is 0.261 e. The van der Waals surface area contributed by atoms with Crippen LogP contribution in [0, 0.1) is 23.1 Å². The van der Waals surface area contributed by atoms with Gasteiger partial charge in [0.05, 0.1) is 10.9 Å². The Morgan fingerprint density at radius 3 is 2.80 bits per heavy atom. The molecule has 1 aliphatic rings. The molecule has 2 aromatic heterocycles. The molecule has 0 saturated carbocycles. The van der Waals surface area contributed by atoms with Crippen molar-refractivity contribution >= 4 is 10.9 Å². The summed E-state index contributed by atoms with van der Waals surface area (Å²) in [4.78, 5) is 21.2. The molecule has 3 aromatic rings. The normalized spacial score (nSPS) is 14.8. The van der Waals surface area contributed by atoms with E-state index in [4.69, 9.17) is 0 Å². The molecule has 0 aliphatic carbocycles. The van der Waals surface area contributed by atoms with E-state index in [-0.39, 0.29) is 22.1 Å². The van der Waals surface area contributed by atoms with Gasteiger partial charge in [-0.1, -0.05) is 25.8 Å². The molecule has 1 aromatic carbocycles. The number of hydrogen-bond donors (Lipinski definition) is 0. The van der Waals surface area contributed by atoms with Gasteiger partial charge in [-0.15, -0.1) is 0 Å². The second-order valence-electron chi connectivity index (χ2n) is 7.05. The van der Waals surface area contributed by atoms with Crippen molar-refractivity contribution in [2.75, 3.05) is 0 Å². The molecule has 4 nitrogen and oxygen atoms in total. The Morgan fingerprint density at radius 1 is 1.20 bits per heavy atom. The van der Waals surface area contributed by atoms with Crippen molar-refractivity contribution in [2.24, 2.45) is 5.41 Å². The summed E-state index contributed by atoms with van der Waals surface area (Å²) in [7, 11) is 0. The van der Waals surface area contributed by atoms with Gasteiger partial charge in [0.2, 0.25) is 0 Å². The van der Waals surface area contributed by atoms with E-state index in [0.29, 0.717) is 29.9 Å². The van der Waals surface area contributed by atoms with E-state index in [9.17, 15) is 9.18 Å². The number of hydrogen-bond acceptors (Lipinski definition) is 3. The Labute approximate surface area is 144 Å². The van der Waals surface area contributed by atoms with Crippen LogP contribution in [0.3, 0.4) is 0 Å². The number of halogens is 1. The number of aromatic nitrogens is 3. The van der Waals surface area contributed by atoms with E-state index in [1.54, 1.807) is 29.0 Å². The zero-order valence-corrected chi connectivity index (χ0v) is 14.0. The van der Waals surface area contributed by atoms with Crippen LogP contribution < -0.4 is 5.56 Å². The molecule has 5 heteroatoms. The molecular formula is C20H16FN3O. The van der Waals surface area contributed by atoms with Crippen LogP contribution in [0.4, 0.5) is 4.39 Å². The average molecular weight is 333 g/mol. The Bertz CT molecular complexity index is 1100. The molecule has 0 fully saturated rings. The Kier molecular flexibility index (Phi) is 3.43. The van der Waals surface area contributed by atoms with Crippen LogP contribution in [0.5, 0.6) is 0 Å². The quantitative estimate of drug-likeness (QED) is 0.594. The molecule has 0 unspecified atom stereocenters. The van der Waals surface area contributed by atoms with E-state index in [1.165, 1.54) is 6.07 Å². The molecule has 0 bridgehead atoms. The Morgan fingerprint density at radius 2 is 2.04 bits per heavy atom. The summed E-state index contributed by atoms with van der Waals surface area (Å²) in [5.41, 5.74) is 0.641. The molecule has 0 saturated heterocycles. The van der Waals surface area contributed by atoms with E-state index in [1.807, 2.05) is 6.07 Å². The molecule has 0 radical (unpaired) electrons. The third-order valence-corrected chi connectivity index (χ3v) is 4.36. The fraction of sp³-hybridized carbons (Fsp3) is 0.250. The van der Waals surface area contributed by atoms with Crippen molar-refractivity contribution in [1.82, 2.24) is 14.5 Å². The van der Waals surface area contributed by atoms with Crippen LogP contribution >= 0.6 is 0 Å². The maximum absolute atomic E-state index is 14.9. The Hall–Kier alpha value is -3.00. The first-order valence-corrected chi connectivity index (χ1v) is 8.10. The van der Waals surface area contributed by atoms with Crippen molar-refractivity contribution in [3.8, 4) is 11.8 Å². The molecule has 1 aliphatic heterocycles. The lowest BCUT2D eigenvalue weighted by atomic mass is 9.92. The van der Waals surface area contributed by atoms with Crippen LogP contribution in [0.2, 0.25) is 0 Å². The van der Waals surface area contributed by atoms with Crippen molar-refractivity contribution in [3.05, 3.63) is 69.8 Å². The van der Waals surface area contributed by atoms with Gasteiger partial charge in [0.25, 0.3) is 5.56 Å². The summed E-state index contributed by atoms with van der Waals surface area (Å²) in [6, 6.07) is 8.51. The number of fused-ring (bicyclic) bond motifs is 2. The highest BCUT2D eigenvalue weighted by Gasteiger charge is 2.31. The van der Waals surface area contributed by atoms with Crippen molar-refractivity contribution < 1.29 is 4.39 Å². The lowest BCUT2D eigenvalue weighted by Gasteiger charge is -2.13. The van der Waals surface area contributed by atoms with Gasteiger partial charge in [-0.2, -0.15) is 0 Å². The van der Waals surface area contributed by atoms with E-state index < -0.39 is 5.82 Å². The number of rotatable bonds is 0. The molecule has 25 heavy (non-hydrogen) atoms. The monoisotopic (exact) mass is 333 g/mol. The molecule has 0 N–H and O–H groups in total. The lowest BCUT2D eigenvalue weighted by Crippen LogP contribution is -2.23. The predicted octanol–water partition coefficient (Wildman–Crippen LogP) is 2.91. The molecule has 4 rings (SSSR count). The second-order valence-corrected chi connectivity index (χ2v) is 7.05. The van der Waals surface area contributed by atoms with Gasteiger partial charge in [-0.05, 0) is 35.6 Å².